The van der Waals surface area contributed by atoms with Crippen molar-refractivity contribution >= 4 is 15.9 Å². The Bertz CT molecular complexity index is 787. The Balaban J connectivity index is 1.88. The second-order valence-electron chi connectivity index (χ2n) is 7.43. The van der Waals surface area contributed by atoms with Gasteiger partial charge in [-0.1, -0.05) is 17.7 Å². The molecule has 0 N–H and O–H groups in total. The molecule has 1 amide bonds. The molecule has 6 heteroatoms. The molecular formula is C18H23NO4S. The number of nitrogens with zero attached hydrogens (tertiary/aromatic N) is 1. The Morgan fingerprint density at radius 1 is 1.17 bits per heavy atom. The highest BCUT2D eigenvalue weighted by Gasteiger charge is 2.49. The Hall–Kier alpha value is -1.82. The maximum atomic E-state index is 12.9. The molecular weight excluding hydrogens is 326 g/mol. The lowest BCUT2D eigenvalue weighted by molar-refractivity contribution is 0.0231. The molecule has 5 nitrogen and oxygen atoms in total. The fraction of sp³-hybridized carbons (Fsp3) is 0.500. The molecule has 2 aliphatic rings. The van der Waals surface area contributed by atoms with E-state index < -0.39 is 27.6 Å². The van der Waals surface area contributed by atoms with Crippen LogP contribution in [0.2, 0.25) is 0 Å². The monoisotopic (exact) mass is 349 g/mol. The summed E-state index contributed by atoms with van der Waals surface area (Å²) in [5.74, 6) is 0. The molecule has 3 rings (SSSR count). The maximum absolute atomic E-state index is 12.9. The normalized spacial score (nSPS) is 23.3. The first-order valence-corrected chi connectivity index (χ1v) is 9.63. The van der Waals surface area contributed by atoms with Crippen molar-refractivity contribution in [1.82, 2.24) is 4.90 Å². The van der Waals surface area contributed by atoms with Crippen molar-refractivity contribution < 1.29 is 17.9 Å². The number of aryl methyl sites for hydroxylation is 1. The summed E-state index contributed by atoms with van der Waals surface area (Å²) in [4.78, 5) is 14.6. The number of hydrogen-bond donors (Lipinski definition) is 0. The first-order valence-electron chi connectivity index (χ1n) is 8.14. The standard InChI is InChI=1S/C18H23NO4S/c1-12-5-8-14(9-6-12)24(21,22)16-11-13-7-10-15(16)19(13)17(20)23-18(2,3)4/h5-6,8-9,11,13,15H,7,10H2,1-4H3. The molecule has 2 atom stereocenters. The van der Waals surface area contributed by atoms with Gasteiger partial charge in [-0.25, -0.2) is 13.2 Å². The fourth-order valence-corrected chi connectivity index (χ4v) is 4.97. The van der Waals surface area contributed by atoms with Gasteiger partial charge in [0.25, 0.3) is 0 Å². The van der Waals surface area contributed by atoms with Crippen LogP contribution in [-0.4, -0.2) is 37.1 Å². The molecule has 0 radical (unpaired) electrons. The Kier molecular flexibility index (Phi) is 3.98. The summed E-state index contributed by atoms with van der Waals surface area (Å²) in [6.07, 6.45) is 2.70. The summed E-state index contributed by atoms with van der Waals surface area (Å²) >= 11 is 0. The van der Waals surface area contributed by atoms with Gasteiger partial charge in [0.15, 0.2) is 0 Å². The van der Waals surface area contributed by atoms with Crippen LogP contribution >= 0.6 is 0 Å². The van der Waals surface area contributed by atoms with Crippen molar-refractivity contribution in [2.24, 2.45) is 0 Å². The zero-order valence-electron chi connectivity index (χ0n) is 14.4. The molecule has 0 saturated carbocycles. The average molecular weight is 349 g/mol. The van der Waals surface area contributed by atoms with E-state index in [2.05, 4.69) is 0 Å². The van der Waals surface area contributed by atoms with Crippen molar-refractivity contribution in [3.05, 3.63) is 40.8 Å². The summed E-state index contributed by atoms with van der Waals surface area (Å²) in [5.41, 5.74) is 0.404. The zero-order valence-corrected chi connectivity index (χ0v) is 15.3. The van der Waals surface area contributed by atoms with Crippen LogP contribution in [0.1, 0.15) is 39.2 Å². The highest BCUT2D eigenvalue weighted by Crippen LogP contribution is 2.42. The molecule has 1 aromatic carbocycles. The van der Waals surface area contributed by atoms with Crippen LogP contribution < -0.4 is 0 Å². The van der Waals surface area contributed by atoms with Gasteiger partial charge in [-0.05, 0) is 58.7 Å². The fourth-order valence-electron chi connectivity index (χ4n) is 3.28. The molecule has 130 valence electrons. The van der Waals surface area contributed by atoms with Gasteiger partial charge in [0, 0.05) is 0 Å². The lowest BCUT2D eigenvalue weighted by Gasteiger charge is -2.28. The molecule has 0 aromatic heterocycles. The summed E-state index contributed by atoms with van der Waals surface area (Å²) < 4.78 is 31.3. The van der Waals surface area contributed by atoms with Gasteiger partial charge in [0.1, 0.15) is 5.60 Å². The number of hydrogen-bond acceptors (Lipinski definition) is 4. The smallest absolute Gasteiger partial charge is 0.411 e. The van der Waals surface area contributed by atoms with Gasteiger partial charge in [0.05, 0.1) is 21.9 Å². The minimum atomic E-state index is -3.58. The number of fused-ring (bicyclic) bond motifs is 2. The van der Waals surface area contributed by atoms with Crippen LogP contribution in [-0.2, 0) is 14.6 Å². The van der Waals surface area contributed by atoms with Crippen LogP contribution in [0.25, 0.3) is 0 Å². The largest absolute Gasteiger partial charge is 0.444 e. The van der Waals surface area contributed by atoms with E-state index in [1.54, 1.807) is 56.0 Å². The third-order valence-electron chi connectivity index (χ3n) is 4.36. The Labute approximate surface area is 143 Å². The third-order valence-corrected chi connectivity index (χ3v) is 6.28. The lowest BCUT2D eigenvalue weighted by atomic mass is 10.1. The van der Waals surface area contributed by atoms with E-state index in [4.69, 9.17) is 4.74 Å². The van der Waals surface area contributed by atoms with Crippen molar-refractivity contribution in [3.63, 3.8) is 0 Å². The highest BCUT2D eigenvalue weighted by atomic mass is 32.2. The molecule has 2 aliphatic heterocycles. The molecule has 1 fully saturated rings. The molecule has 2 heterocycles. The first-order chi connectivity index (χ1) is 11.1. The van der Waals surface area contributed by atoms with E-state index in [9.17, 15) is 13.2 Å². The third kappa shape index (κ3) is 2.95. The Morgan fingerprint density at radius 2 is 1.79 bits per heavy atom. The first kappa shape index (κ1) is 17.0. The van der Waals surface area contributed by atoms with Crippen molar-refractivity contribution in [2.75, 3.05) is 0 Å². The average Bonchev–Trinajstić information content (AvgIpc) is 3.04. The number of carbonyl (C=O) groups excluding carboxylic acids is 1. The maximum Gasteiger partial charge on any atom is 0.411 e. The van der Waals surface area contributed by atoms with Crippen LogP contribution in [0.4, 0.5) is 4.79 Å². The van der Waals surface area contributed by atoms with Crippen LogP contribution in [0.3, 0.4) is 0 Å². The molecule has 0 spiro atoms. The van der Waals surface area contributed by atoms with Crippen molar-refractivity contribution in [1.29, 1.82) is 0 Å². The summed E-state index contributed by atoms with van der Waals surface area (Å²) in [6, 6.07) is 6.19. The molecule has 1 aromatic rings. The number of sulfone groups is 1. The predicted octanol–water partition coefficient (Wildman–Crippen LogP) is 3.43. The van der Waals surface area contributed by atoms with E-state index in [1.165, 1.54) is 0 Å². The van der Waals surface area contributed by atoms with E-state index >= 15 is 0 Å². The second kappa shape index (κ2) is 5.62. The molecule has 2 unspecified atom stereocenters. The van der Waals surface area contributed by atoms with Crippen LogP contribution in [0.15, 0.2) is 40.1 Å². The number of rotatable bonds is 2. The van der Waals surface area contributed by atoms with Gasteiger partial charge in [-0.3, -0.25) is 4.90 Å². The van der Waals surface area contributed by atoms with Crippen LogP contribution in [0.5, 0.6) is 0 Å². The summed E-state index contributed by atoms with van der Waals surface area (Å²) in [6.45, 7) is 7.33. The lowest BCUT2D eigenvalue weighted by Crippen LogP contribution is -2.41. The minimum Gasteiger partial charge on any atom is -0.444 e. The molecule has 1 saturated heterocycles. The van der Waals surface area contributed by atoms with Gasteiger partial charge in [-0.15, -0.1) is 0 Å². The SMILES string of the molecule is Cc1ccc(S(=O)(=O)C2=CC3CCC2N3C(=O)OC(C)(C)C)cc1. The highest BCUT2D eigenvalue weighted by molar-refractivity contribution is 7.95. The minimum absolute atomic E-state index is 0.194. The van der Waals surface area contributed by atoms with Gasteiger partial charge in [0.2, 0.25) is 9.84 Å². The van der Waals surface area contributed by atoms with Gasteiger partial charge < -0.3 is 4.74 Å². The quantitative estimate of drug-likeness (QED) is 0.820. The van der Waals surface area contributed by atoms with Gasteiger partial charge >= 0.3 is 6.09 Å². The van der Waals surface area contributed by atoms with E-state index in [-0.39, 0.29) is 10.9 Å². The topological polar surface area (TPSA) is 63.7 Å². The predicted molar refractivity (Wildman–Crippen MR) is 91.3 cm³/mol. The van der Waals surface area contributed by atoms with Crippen molar-refractivity contribution in [2.45, 2.75) is 63.1 Å². The van der Waals surface area contributed by atoms with E-state index in [0.717, 1.165) is 12.0 Å². The van der Waals surface area contributed by atoms with E-state index in [0.29, 0.717) is 11.3 Å². The summed E-state index contributed by atoms with van der Waals surface area (Å²) in [7, 11) is -3.58. The van der Waals surface area contributed by atoms with E-state index in [1.807, 2.05) is 6.92 Å². The second-order valence-corrected chi connectivity index (χ2v) is 9.38. The summed E-state index contributed by atoms with van der Waals surface area (Å²) in [5, 5.41) is 0. The molecule has 2 bridgehead atoms. The van der Waals surface area contributed by atoms with Gasteiger partial charge in [-0.2, -0.15) is 0 Å². The van der Waals surface area contributed by atoms with Crippen LogP contribution in [0, 0.1) is 6.92 Å². The molecule has 24 heavy (non-hydrogen) atoms. The number of amides is 1. The number of carbonyl (C=O) groups is 1. The number of ether oxygens (including phenoxy) is 1. The zero-order chi connectivity index (χ0) is 17.7. The number of benzene rings is 1. The Morgan fingerprint density at radius 3 is 2.38 bits per heavy atom. The molecule has 0 aliphatic carbocycles. The van der Waals surface area contributed by atoms with Crippen molar-refractivity contribution in [3.8, 4) is 0 Å².